The van der Waals surface area contributed by atoms with Gasteiger partial charge in [-0.3, -0.25) is 9.69 Å². The van der Waals surface area contributed by atoms with Crippen LogP contribution in [0.5, 0.6) is 5.75 Å². The van der Waals surface area contributed by atoms with Crippen molar-refractivity contribution in [3.8, 4) is 5.75 Å². The van der Waals surface area contributed by atoms with E-state index in [1.807, 2.05) is 0 Å². The molecule has 7 heteroatoms. The molecule has 2 fully saturated rings. The molecule has 7 nitrogen and oxygen atoms in total. The molecule has 0 unspecified atom stereocenters. The maximum atomic E-state index is 11.7. The molecule has 2 heterocycles. The first kappa shape index (κ1) is 17.5. The zero-order valence-electron chi connectivity index (χ0n) is 14.6. The molecule has 25 heavy (non-hydrogen) atoms. The highest BCUT2D eigenvalue weighted by molar-refractivity contribution is 5.92. The van der Waals surface area contributed by atoms with Crippen LogP contribution in [-0.4, -0.2) is 67.2 Å². The van der Waals surface area contributed by atoms with E-state index in [2.05, 4.69) is 4.90 Å². The van der Waals surface area contributed by atoms with Gasteiger partial charge in [0.15, 0.2) is 0 Å². The average Bonchev–Trinajstić information content (AvgIpc) is 2.85. The third kappa shape index (κ3) is 4.22. The van der Waals surface area contributed by atoms with Crippen molar-refractivity contribution in [1.29, 1.82) is 0 Å². The van der Waals surface area contributed by atoms with Crippen LogP contribution in [0.3, 0.4) is 0 Å². The Labute approximate surface area is 147 Å². The van der Waals surface area contributed by atoms with Crippen molar-refractivity contribution in [1.82, 2.24) is 9.80 Å². The maximum absolute atomic E-state index is 11.7. The summed E-state index contributed by atoms with van der Waals surface area (Å²) < 4.78 is 11.3. The first-order valence-corrected chi connectivity index (χ1v) is 8.67. The number of nitrogens with zero attached hydrogens (tertiary/aromatic N) is 2. The lowest BCUT2D eigenvalue weighted by Gasteiger charge is -2.38. The molecule has 1 spiro atoms. The van der Waals surface area contributed by atoms with Gasteiger partial charge in [-0.05, 0) is 50.1 Å². The van der Waals surface area contributed by atoms with Crippen LogP contribution in [0.2, 0.25) is 0 Å². The van der Waals surface area contributed by atoms with Crippen LogP contribution in [0.4, 0.5) is 4.79 Å². The predicted octanol–water partition coefficient (Wildman–Crippen LogP) is 1.47. The number of hydrogen-bond acceptors (Lipinski definition) is 5. The molecule has 2 saturated heterocycles. The van der Waals surface area contributed by atoms with Gasteiger partial charge >= 0.3 is 6.09 Å². The van der Waals surface area contributed by atoms with E-state index in [1.165, 1.54) is 0 Å². The quantitative estimate of drug-likeness (QED) is 0.788. The van der Waals surface area contributed by atoms with Gasteiger partial charge in [-0.25, -0.2) is 4.79 Å². The Kier molecular flexibility index (Phi) is 5.13. The standard InChI is InChI=1S/C18H25N3O4/c1-20-12-18(25-17(20)23)8-2-9-21(13-18)10-3-11-24-15-6-4-14(5-7-15)16(19)22/h4-7H,2-3,8-13H2,1H3,(H2,19,22)/t18-/m1/s1. The van der Waals surface area contributed by atoms with Crippen molar-refractivity contribution >= 4 is 12.0 Å². The minimum atomic E-state index is -0.441. The summed E-state index contributed by atoms with van der Waals surface area (Å²) >= 11 is 0. The third-order valence-corrected chi connectivity index (χ3v) is 4.79. The van der Waals surface area contributed by atoms with E-state index in [0.717, 1.165) is 44.6 Å². The van der Waals surface area contributed by atoms with Crippen molar-refractivity contribution in [2.75, 3.05) is 39.8 Å². The van der Waals surface area contributed by atoms with Crippen molar-refractivity contribution in [3.63, 3.8) is 0 Å². The molecule has 2 aliphatic rings. The summed E-state index contributed by atoms with van der Waals surface area (Å²) in [4.78, 5) is 26.7. The lowest BCUT2D eigenvalue weighted by atomic mass is 9.93. The summed E-state index contributed by atoms with van der Waals surface area (Å²) in [5.41, 5.74) is 5.35. The SMILES string of the molecule is CN1C[C@@]2(CCCN(CCCOc3ccc(C(N)=O)cc3)C2)OC1=O. The molecule has 1 aromatic rings. The number of primary amides is 1. The van der Waals surface area contributed by atoms with E-state index < -0.39 is 5.91 Å². The van der Waals surface area contributed by atoms with Crippen LogP contribution < -0.4 is 10.5 Å². The summed E-state index contributed by atoms with van der Waals surface area (Å²) in [6, 6.07) is 6.83. The number of benzene rings is 1. The van der Waals surface area contributed by atoms with E-state index >= 15 is 0 Å². The lowest BCUT2D eigenvalue weighted by Crippen LogP contribution is -2.50. The molecular formula is C18H25N3O4. The molecule has 3 rings (SSSR count). The minimum Gasteiger partial charge on any atom is -0.494 e. The number of piperidine rings is 1. The normalized spacial score (nSPS) is 23.7. The van der Waals surface area contributed by atoms with Gasteiger partial charge in [0.25, 0.3) is 0 Å². The zero-order chi connectivity index (χ0) is 17.9. The molecule has 136 valence electrons. The number of carbonyl (C=O) groups is 2. The van der Waals surface area contributed by atoms with Crippen LogP contribution >= 0.6 is 0 Å². The van der Waals surface area contributed by atoms with Gasteiger partial charge in [0.2, 0.25) is 5.91 Å². The van der Waals surface area contributed by atoms with Crippen molar-refractivity contribution in [2.45, 2.75) is 24.9 Å². The number of rotatable bonds is 6. The van der Waals surface area contributed by atoms with Crippen molar-refractivity contribution in [2.24, 2.45) is 5.73 Å². The summed E-state index contributed by atoms with van der Waals surface area (Å²) in [5, 5.41) is 0. The van der Waals surface area contributed by atoms with Crippen LogP contribution in [0, 0.1) is 0 Å². The minimum absolute atomic E-state index is 0.218. The molecule has 2 aliphatic heterocycles. The van der Waals surface area contributed by atoms with E-state index in [-0.39, 0.29) is 11.7 Å². The molecule has 2 amide bonds. The fourth-order valence-electron chi connectivity index (χ4n) is 3.58. The molecule has 2 N–H and O–H groups in total. The van der Waals surface area contributed by atoms with E-state index in [9.17, 15) is 9.59 Å². The maximum Gasteiger partial charge on any atom is 0.410 e. The van der Waals surface area contributed by atoms with Crippen molar-refractivity contribution in [3.05, 3.63) is 29.8 Å². The van der Waals surface area contributed by atoms with Crippen LogP contribution in [0.1, 0.15) is 29.6 Å². The van der Waals surface area contributed by atoms with Crippen LogP contribution in [0.15, 0.2) is 24.3 Å². The number of ether oxygens (including phenoxy) is 2. The second-order valence-electron chi connectivity index (χ2n) is 6.88. The molecule has 0 saturated carbocycles. The van der Waals surface area contributed by atoms with Gasteiger partial charge in [-0.1, -0.05) is 0 Å². The topological polar surface area (TPSA) is 85.1 Å². The summed E-state index contributed by atoms with van der Waals surface area (Å²) in [6.45, 7) is 3.99. The Bertz CT molecular complexity index is 634. The van der Waals surface area contributed by atoms with E-state index in [1.54, 1.807) is 36.2 Å². The van der Waals surface area contributed by atoms with Gasteiger partial charge in [-0.2, -0.15) is 0 Å². The highest BCUT2D eigenvalue weighted by Gasteiger charge is 2.46. The molecule has 0 aromatic heterocycles. The first-order chi connectivity index (χ1) is 12.0. The number of amides is 2. The molecule has 0 aliphatic carbocycles. The fraction of sp³-hybridized carbons (Fsp3) is 0.556. The molecule has 0 bridgehead atoms. The number of nitrogens with two attached hydrogens (primary N) is 1. The van der Waals surface area contributed by atoms with E-state index in [0.29, 0.717) is 18.7 Å². The van der Waals surface area contributed by atoms with E-state index in [4.69, 9.17) is 15.2 Å². The van der Waals surface area contributed by atoms with Gasteiger partial charge < -0.3 is 20.1 Å². The number of likely N-dealkylation sites (tertiary alicyclic amines) is 1. The monoisotopic (exact) mass is 347 g/mol. The molecular weight excluding hydrogens is 322 g/mol. The molecule has 0 radical (unpaired) electrons. The number of hydrogen-bond donors (Lipinski definition) is 1. The largest absolute Gasteiger partial charge is 0.494 e. The Morgan fingerprint density at radius 1 is 1.32 bits per heavy atom. The summed E-state index contributed by atoms with van der Waals surface area (Å²) in [7, 11) is 1.79. The number of carbonyl (C=O) groups excluding carboxylic acids is 2. The summed E-state index contributed by atoms with van der Waals surface area (Å²) in [6.07, 6.45) is 2.64. The lowest BCUT2D eigenvalue weighted by molar-refractivity contribution is -0.00979. The highest BCUT2D eigenvalue weighted by Crippen LogP contribution is 2.31. The van der Waals surface area contributed by atoms with Gasteiger partial charge in [0.05, 0.1) is 13.2 Å². The van der Waals surface area contributed by atoms with Crippen LogP contribution in [0.25, 0.3) is 0 Å². The molecule has 1 atom stereocenters. The number of likely N-dealkylation sites (N-methyl/N-ethyl adjacent to an activating group) is 1. The zero-order valence-corrected chi connectivity index (χ0v) is 14.6. The fourth-order valence-corrected chi connectivity index (χ4v) is 3.58. The second-order valence-corrected chi connectivity index (χ2v) is 6.88. The Hall–Kier alpha value is -2.28. The van der Waals surface area contributed by atoms with Gasteiger partial charge in [0, 0.05) is 25.7 Å². The third-order valence-electron chi connectivity index (χ3n) is 4.79. The Morgan fingerprint density at radius 3 is 2.72 bits per heavy atom. The van der Waals surface area contributed by atoms with Gasteiger partial charge in [-0.15, -0.1) is 0 Å². The highest BCUT2D eigenvalue weighted by atomic mass is 16.6. The van der Waals surface area contributed by atoms with Gasteiger partial charge in [0.1, 0.15) is 11.4 Å². The Balaban J connectivity index is 1.41. The average molecular weight is 347 g/mol. The first-order valence-electron chi connectivity index (χ1n) is 8.67. The second kappa shape index (κ2) is 7.31. The smallest absolute Gasteiger partial charge is 0.410 e. The summed E-state index contributed by atoms with van der Waals surface area (Å²) in [5.74, 6) is 0.287. The van der Waals surface area contributed by atoms with Crippen LogP contribution in [-0.2, 0) is 4.74 Å². The Morgan fingerprint density at radius 2 is 2.08 bits per heavy atom. The van der Waals surface area contributed by atoms with Crippen molar-refractivity contribution < 1.29 is 19.1 Å². The predicted molar refractivity (Wildman–Crippen MR) is 92.6 cm³/mol. The molecule has 1 aromatic carbocycles.